The first-order chi connectivity index (χ1) is 7.22. The summed E-state index contributed by atoms with van der Waals surface area (Å²) in [5.74, 6) is 0.320. The van der Waals surface area contributed by atoms with Crippen LogP contribution in [-0.2, 0) is 9.53 Å². The molecule has 2 rings (SSSR count). The van der Waals surface area contributed by atoms with Gasteiger partial charge in [-0.3, -0.25) is 4.79 Å². The van der Waals surface area contributed by atoms with E-state index in [0.29, 0.717) is 0 Å². The van der Waals surface area contributed by atoms with Crippen molar-refractivity contribution in [1.29, 1.82) is 0 Å². The summed E-state index contributed by atoms with van der Waals surface area (Å²) >= 11 is 0. The van der Waals surface area contributed by atoms with Gasteiger partial charge in [-0.15, -0.1) is 0 Å². The summed E-state index contributed by atoms with van der Waals surface area (Å²) in [6, 6.07) is 0.0825. The Hall–Kier alpha value is -0.610. The third-order valence-corrected chi connectivity index (χ3v) is 3.68. The molecule has 1 heterocycles. The van der Waals surface area contributed by atoms with E-state index in [4.69, 9.17) is 10.5 Å². The van der Waals surface area contributed by atoms with E-state index >= 15 is 0 Å². The number of likely N-dealkylation sites (tertiary alicyclic amines) is 1. The summed E-state index contributed by atoms with van der Waals surface area (Å²) in [6.45, 7) is 1.58. The normalized spacial score (nSPS) is 36.1. The maximum absolute atomic E-state index is 12.1. The molecule has 86 valence electrons. The average Bonchev–Trinajstić information content (AvgIpc) is 2.84. The van der Waals surface area contributed by atoms with Crippen molar-refractivity contribution in [1.82, 2.24) is 4.90 Å². The number of nitrogens with two attached hydrogens (primary N) is 1. The largest absolute Gasteiger partial charge is 0.380 e. The Morgan fingerprint density at radius 3 is 2.73 bits per heavy atom. The minimum atomic E-state index is 0.0700. The standard InChI is InChI=1S/C11H20N2O2/c1-15-8-5-6-13(7-8)11(14)9-3-2-4-10(9)12/h8-10H,2-7,12H2,1H3/t8-,9?,10?/m1/s1. The second-order valence-electron chi connectivity index (χ2n) is 4.63. The Kier molecular flexibility index (Phi) is 3.26. The van der Waals surface area contributed by atoms with E-state index in [0.717, 1.165) is 38.8 Å². The molecule has 2 unspecified atom stereocenters. The number of rotatable bonds is 2. The van der Waals surface area contributed by atoms with E-state index in [9.17, 15) is 4.79 Å². The van der Waals surface area contributed by atoms with Crippen LogP contribution in [0.25, 0.3) is 0 Å². The second-order valence-corrected chi connectivity index (χ2v) is 4.63. The number of methoxy groups -OCH3 is 1. The zero-order valence-electron chi connectivity index (χ0n) is 9.32. The summed E-state index contributed by atoms with van der Waals surface area (Å²) in [5, 5.41) is 0. The van der Waals surface area contributed by atoms with Crippen LogP contribution >= 0.6 is 0 Å². The number of hydrogen-bond acceptors (Lipinski definition) is 3. The van der Waals surface area contributed by atoms with Crippen molar-refractivity contribution in [3.63, 3.8) is 0 Å². The molecule has 3 atom stereocenters. The molecule has 4 nitrogen and oxygen atoms in total. The molecule has 2 fully saturated rings. The van der Waals surface area contributed by atoms with Gasteiger partial charge in [-0.1, -0.05) is 6.42 Å². The summed E-state index contributed by atoms with van der Waals surface area (Å²) in [4.78, 5) is 14.0. The smallest absolute Gasteiger partial charge is 0.227 e. The minimum absolute atomic E-state index is 0.0700. The first-order valence-corrected chi connectivity index (χ1v) is 5.79. The monoisotopic (exact) mass is 212 g/mol. The zero-order valence-corrected chi connectivity index (χ0v) is 9.32. The highest BCUT2D eigenvalue weighted by Gasteiger charge is 2.36. The molecule has 0 aromatic rings. The van der Waals surface area contributed by atoms with E-state index in [-0.39, 0.29) is 24.0 Å². The van der Waals surface area contributed by atoms with Crippen LogP contribution < -0.4 is 5.73 Å². The second kappa shape index (κ2) is 4.49. The quantitative estimate of drug-likeness (QED) is 0.719. The lowest BCUT2D eigenvalue weighted by Crippen LogP contribution is -2.41. The molecule has 1 aliphatic heterocycles. The number of carbonyl (C=O) groups excluding carboxylic acids is 1. The van der Waals surface area contributed by atoms with Gasteiger partial charge in [0.1, 0.15) is 0 Å². The Labute approximate surface area is 90.8 Å². The van der Waals surface area contributed by atoms with Gasteiger partial charge in [-0.25, -0.2) is 0 Å². The topological polar surface area (TPSA) is 55.6 Å². The number of ether oxygens (including phenoxy) is 1. The van der Waals surface area contributed by atoms with Crippen molar-refractivity contribution in [2.75, 3.05) is 20.2 Å². The zero-order chi connectivity index (χ0) is 10.8. The van der Waals surface area contributed by atoms with Gasteiger partial charge >= 0.3 is 0 Å². The molecule has 0 bridgehead atoms. The highest BCUT2D eigenvalue weighted by molar-refractivity contribution is 5.80. The van der Waals surface area contributed by atoms with Crippen LogP contribution in [0.2, 0.25) is 0 Å². The minimum Gasteiger partial charge on any atom is -0.380 e. The van der Waals surface area contributed by atoms with Crippen LogP contribution in [0.15, 0.2) is 0 Å². The van der Waals surface area contributed by atoms with Gasteiger partial charge in [0.05, 0.1) is 12.0 Å². The fourth-order valence-corrected chi connectivity index (χ4v) is 2.65. The van der Waals surface area contributed by atoms with Crippen LogP contribution in [0, 0.1) is 5.92 Å². The number of amides is 1. The van der Waals surface area contributed by atoms with Crippen molar-refractivity contribution in [2.24, 2.45) is 11.7 Å². The van der Waals surface area contributed by atoms with E-state index in [1.165, 1.54) is 0 Å². The maximum Gasteiger partial charge on any atom is 0.227 e. The van der Waals surface area contributed by atoms with E-state index in [2.05, 4.69) is 0 Å². The molecule has 1 saturated heterocycles. The first-order valence-electron chi connectivity index (χ1n) is 5.79. The molecule has 0 radical (unpaired) electrons. The van der Waals surface area contributed by atoms with Crippen molar-refractivity contribution < 1.29 is 9.53 Å². The molecular formula is C11H20N2O2. The summed E-state index contributed by atoms with van der Waals surface area (Å²) in [7, 11) is 1.71. The molecule has 1 aliphatic carbocycles. The lowest BCUT2D eigenvalue weighted by atomic mass is 10.0. The van der Waals surface area contributed by atoms with Gasteiger partial charge in [-0.2, -0.15) is 0 Å². The molecule has 15 heavy (non-hydrogen) atoms. The molecule has 4 heteroatoms. The lowest BCUT2D eigenvalue weighted by Gasteiger charge is -2.22. The van der Waals surface area contributed by atoms with Gasteiger partial charge in [0.15, 0.2) is 0 Å². The lowest BCUT2D eigenvalue weighted by molar-refractivity contribution is -0.135. The molecular weight excluding hydrogens is 192 g/mol. The van der Waals surface area contributed by atoms with Crippen LogP contribution in [0.4, 0.5) is 0 Å². The molecule has 0 spiro atoms. The molecule has 1 amide bonds. The SMILES string of the molecule is CO[C@@H]1CCN(C(=O)C2CCCC2N)C1. The van der Waals surface area contributed by atoms with Crippen molar-refractivity contribution in [3.8, 4) is 0 Å². The van der Waals surface area contributed by atoms with Gasteiger partial charge in [0.25, 0.3) is 0 Å². The van der Waals surface area contributed by atoms with E-state index in [1.807, 2.05) is 4.90 Å². The van der Waals surface area contributed by atoms with Crippen LogP contribution in [-0.4, -0.2) is 43.2 Å². The van der Waals surface area contributed by atoms with Crippen molar-refractivity contribution >= 4 is 5.91 Å². The fraction of sp³-hybridized carbons (Fsp3) is 0.909. The van der Waals surface area contributed by atoms with Crippen LogP contribution in [0.3, 0.4) is 0 Å². The number of carbonyl (C=O) groups is 1. The molecule has 2 N–H and O–H groups in total. The van der Waals surface area contributed by atoms with Crippen LogP contribution in [0.5, 0.6) is 0 Å². The predicted octanol–water partition coefficient (Wildman–Crippen LogP) is 0.361. The van der Waals surface area contributed by atoms with Gasteiger partial charge in [0.2, 0.25) is 5.91 Å². The average molecular weight is 212 g/mol. The Morgan fingerprint density at radius 2 is 2.20 bits per heavy atom. The van der Waals surface area contributed by atoms with Crippen LogP contribution in [0.1, 0.15) is 25.7 Å². The Bertz CT molecular complexity index is 245. The molecule has 0 aromatic heterocycles. The van der Waals surface area contributed by atoms with Gasteiger partial charge in [0, 0.05) is 26.2 Å². The van der Waals surface area contributed by atoms with Gasteiger partial charge < -0.3 is 15.4 Å². The summed E-state index contributed by atoms with van der Waals surface area (Å²) < 4.78 is 5.26. The summed E-state index contributed by atoms with van der Waals surface area (Å²) in [5.41, 5.74) is 5.94. The molecule has 1 saturated carbocycles. The van der Waals surface area contributed by atoms with Gasteiger partial charge in [-0.05, 0) is 19.3 Å². The van der Waals surface area contributed by atoms with Crippen molar-refractivity contribution in [2.45, 2.75) is 37.8 Å². The maximum atomic E-state index is 12.1. The van der Waals surface area contributed by atoms with E-state index in [1.54, 1.807) is 7.11 Å². The van der Waals surface area contributed by atoms with E-state index < -0.39 is 0 Å². The van der Waals surface area contributed by atoms with Crippen molar-refractivity contribution in [3.05, 3.63) is 0 Å². The third-order valence-electron chi connectivity index (χ3n) is 3.68. The number of nitrogens with zero attached hydrogens (tertiary/aromatic N) is 1. The predicted molar refractivity (Wildman–Crippen MR) is 57.3 cm³/mol. The highest BCUT2D eigenvalue weighted by Crippen LogP contribution is 2.27. The highest BCUT2D eigenvalue weighted by atomic mass is 16.5. The molecule has 2 aliphatic rings. The number of hydrogen-bond donors (Lipinski definition) is 1. The first kappa shape index (κ1) is 10.9. The molecule has 0 aromatic carbocycles. The Morgan fingerprint density at radius 1 is 1.40 bits per heavy atom. The Balaban J connectivity index is 1.91. The summed E-state index contributed by atoms with van der Waals surface area (Å²) in [6.07, 6.45) is 4.25. The fourth-order valence-electron chi connectivity index (χ4n) is 2.65. The third kappa shape index (κ3) is 2.16.